The number of aryl methyl sites for hydroxylation is 2. The summed E-state index contributed by atoms with van der Waals surface area (Å²) in [5, 5.41) is 7.23. The van der Waals surface area contributed by atoms with Gasteiger partial charge in [0.25, 0.3) is 0 Å². The second-order valence-corrected chi connectivity index (χ2v) is 5.37. The summed E-state index contributed by atoms with van der Waals surface area (Å²) in [5.41, 5.74) is 0. The van der Waals surface area contributed by atoms with E-state index in [1.807, 2.05) is 19.9 Å². The fourth-order valence-electron chi connectivity index (χ4n) is 2.74. The van der Waals surface area contributed by atoms with E-state index in [0.717, 1.165) is 42.8 Å². The number of H-pyrrole nitrogens is 1. The lowest BCUT2D eigenvalue weighted by Crippen LogP contribution is -2.34. The Morgan fingerprint density at radius 3 is 3.00 bits per heavy atom. The SMILES string of the molecule is Cc1nc(C2CCCN(Cc3ccc(C)o3)C2)n[nH]1. The van der Waals surface area contributed by atoms with Gasteiger partial charge in [0.15, 0.2) is 5.82 Å². The van der Waals surface area contributed by atoms with Crippen LogP contribution < -0.4 is 0 Å². The zero-order valence-electron chi connectivity index (χ0n) is 11.5. The second kappa shape index (κ2) is 5.17. The van der Waals surface area contributed by atoms with E-state index in [1.54, 1.807) is 0 Å². The summed E-state index contributed by atoms with van der Waals surface area (Å²) in [6.45, 7) is 6.95. The molecule has 0 aliphatic carbocycles. The Bertz CT molecular complexity index is 545. The molecule has 1 saturated heterocycles. The van der Waals surface area contributed by atoms with Crippen molar-refractivity contribution in [2.75, 3.05) is 13.1 Å². The molecule has 1 N–H and O–H groups in total. The van der Waals surface area contributed by atoms with Crippen LogP contribution in [0.2, 0.25) is 0 Å². The highest BCUT2D eigenvalue weighted by Gasteiger charge is 2.24. The van der Waals surface area contributed by atoms with Crippen molar-refractivity contribution in [2.24, 2.45) is 0 Å². The van der Waals surface area contributed by atoms with Gasteiger partial charge in [0, 0.05) is 12.5 Å². The molecule has 1 atom stereocenters. The summed E-state index contributed by atoms with van der Waals surface area (Å²) in [7, 11) is 0. The van der Waals surface area contributed by atoms with Gasteiger partial charge in [0.2, 0.25) is 0 Å². The third kappa shape index (κ3) is 2.87. The third-order valence-electron chi connectivity index (χ3n) is 3.66. The molecule has 0 bridgehead atoms. The van der Waals surface area contributed by atoms with Crippen LogP contribution in [-0.2, 0) is 6.54 Å². The molecular weight excluding hydrogens is 240 g/mol. The fraction of sp³-hybridized carbons (Fsp3) is 0.571. The van der Waals surface area contributed by atoms with Crippen molar-refractivity contribution in [1.82, 2.24) is 20.1 Å². The minimum Gasteiger partial charge on any atom is -0.465 e. The van der Waals surface area contributed by atoms with Crippen molar-refractivity contribution in [3.63, 3.8) is 0 Å². The summed E-state index contributed by atoms with van der Waals surface area (Å²) in [6.07, 6.45) is 2.36. The van der Waals surface area contributed by atoms with Crippen LogP contribution in [-0.4, -0.2) is 33.2 Å². The molecule has 19 heavy (non-hydrogen) atoms. The van der Waals surface area contributed by atoms with Crippen LogP contribution >= 0.6 is 0 Å². The molecule has 3 heterocycles. The van der Waals surface area contributed by atoms with Crippen molar-refractivity contribution in [3.8, 4) is 0 Å². The number of aromatic amines is 1. The number of piperidine rings is 1. The maximum absolute atomic E-state index is 5.65. The van der Waals surface area contributed by atoms with E-state index in [9.17, 15) is 0 Å². The standard InChI is InChI=1S/C14H20N4O/c1-10-5-6-13(19-10)9-18-7-3-4-12(8-18)14-15-11(2)16-17-14/h5-6,12H,3-4,7-9H2,1-2H3,(H,15,16,17). The first kappa shape index (κ1) is 12.4. The van der Waals surface area contributed by atoms with Gasteiger partial charge in [0.1, 0.15) is 17.3 Å². The van der Waals surface area contributed by atoms with E-state index in [0.29, 0.717) is 5.92 Å². The van der Waals surface area contributed by atoms with E-state index in [1.165, 1.54) is 12.8 Å². The van der Waals surface area contributed by atoms with Crippen LogP contribution in [0.5, 0.6) is 0 Å². The lowest BCUT2D eigenvalue weighted by atomic mass is 9.97. The number of aromatic nitrogens is 3. The Morgan fingerprint density at radius 1 is 1.42 bits per heavy atom. The normalized spacial score (nSPS) is 20.8. The molecule has 102 valence electrons. The predicted octanol–water partition coefficient (Wildman–Crippen LogP) is 2.39. The first-order chi connectivity index (χ1) is 9.20. The zero-order chi connectivity index (χ0) is 13.2. The van der Waals surface area contributed by atoms with Gasteiger partial charge in [0.05, 0.1) is 6.54 Å². The number of hydrogen-bond acceptors (Lipinski definition) is 4. The largest absolute Gasteiger partial charge is 0.465 e. The van der Waals surface area contributed by atoms with E-state index < -0.39 is 0 Å². The van der Waals surface area contributed by atoms with Crippen molar-refractivity contribution < 1.29 is 4.42 Å². The number of hydrogen-bond donors (Lipinski definition) is 1. The van der Waals surface area contributed by atoms with Crippen molar-refractivity contribution in [1.29, 1.82) is 0 Å². The average Bonchev–Trinajstić information content (AvgIpc) is 2.99. The molecule has 1 fully saturated rings. The molecule has 0 spiro atoms. The Balaban J connectivity index is 1.64. The maximum Gasteiger partial charge on any atom is 0.155 e. The highest BCUT2D eigenvalue weighted by molar-refractivity contribution is 5.06. The molecule has 5 nitrogen and oxygen atoms in total. The second-order valence-electron chi connectivity index (χ2n) is 5.37. The first-order valence-electron chi connectivity index (χ1n) is 6.87. The summed E-state index contributed by atoms with van der Waals surface area (Å²) in [5.74, 6) is 4.32. The van der Waals surface area contributed by atoms with Gasteiger partial charge >= 0.3 is 0 Å². The molecule has 3 rings (SSSR count). The molecular formula is C14H20N4O. The molecule has 0 saturated carbocycles. The topological polar surface area (TPSA) is 58.0 Å². The van der Waals surface area contributed by atoms with E-state index in [-0.39, 0.29) is 0 Å². The minimum absolute atomic E-state index is 0.440. The Labute approximate surface area is 113 Å². The number of nitrogens with zero attached hydrogens (tertiary/aromatic N) is 3. The monoisotopic (exact) mass is 260 g/mol. The zero-order valence-corrected chi connectivity index (χ0v) is 11.5. The molecule has 1 aliphatic heterocycles. The molecule has 0 aromatic carbocycles. The average molecular weight is 260 g/mol. The smallest absolute Gasteiger partial charge is 0.155 e. The fourth-order valence-corrected chi connectivity index (χ4v) is 2.74. The van der Waals surface area contributed by atoms with Crippen molar-refractivity contribution in [3.05, 3.63) is 35.3 Å². The molecule has 2 aromatic heterocycles. The van der Waals surface area contributed by atoms with Gasteiger partial charge in [-0.2, -0.15) is 5.10 Å². The highest BCUT2D eigenvalue weighted by Crippen LogP contribution is 2.25. The van der Waals surface area contributed by atoms with Gasteiger partial charge in [-0.05, 0) is 45.4 Å². The lowest BCUT2D eigenvalue weighted by Gasteiger charge is -2.30. The summed E-state index contributed by atoms with van der Waals surface area (Å²) in [4.78, 5) is 6.89. The van der Waals surface area contributed by atoms with E-state index >= 15 is 0 Å². The Morgan fingerprint density at radius 2 is 2.32 bits per heavy atom. The van der Waals surface area contributed by atoms with Crippen LogP contribution in [0.25, 0.3) is 0 Å². The summed E-state index contributed by atoms with van der Waals surface area (Å²) in [6, 6.07) is 4.09. The van der Waals surface area contributed by atoms with Crippen LogP contribution in [0, 0.1) is 13.8 Å². The third-order valence-corrected chi connectivity index (χ3v) is 3.66. The lowest BCUT2D eigenvalue weighted by molar-refractivity contribution is 0.183. The number of furan rings is 1. The van der Waals surface area contributed by atoms with Gasteiger partial charge in [-0.25, -0.2) is 4.98 Å². The number of nitrogens with one attached hydrogen (secondary N) is 1. The molecule has 0 amide bonds. The quantitative estimate of drug-likeness (QED) is 0.920. The Hall–Kier alpha value is -1.62. The van der Waals surface area contributed by atoms with Crippen LogP contribution in [0.3, 0.4) is 0 Å². The molecule has 2 aromatic rings. The molecule has 1 aliphatic rings. The molecule has 5 heteroatoms. The van der Waals surface area contributed by atoms with Crippen LogP contribution in [0.15, 0.2) is 16.5 Å². The molecule has 1 unspecified atom stereocenters. The summed E-state index contributed by atoms with van der Waals surface area (Å²) < 4.78 is 5.65. The van der Waals surface area contributed by atoms with Gasteiger partial charge in [-0.1, -0.05) is 0 Å². The van der Waals surface area contributed by atoms with Crippen molar-refractivity contribution in [2.45, 2.75) is 39.2 Å². The summed E-state index contributed by atoms with van der Waals surface area (Å²) >= 11 is 0. The number of rotatable bonds is 3. The van der Waals surface area contributed by atoms with Gasteiger partial charge in [-0.3, -0.25) is 10.00 Å². The maximum atomic E-state index is 5.65. The van der Waals surface area contributed by atoms with E-state index in [2.05, 4.69) is 26.1 Å². The first-order valence-corrected chi connectivity index (χ1v) is 6.87. The van der Waals surface area contributed by atoms with Gasteiger partial charge < -0.3 is 4.42 Å². The van der Waals surface area contributed by atoms with E-state index in [4.69, 9.17) is 4.42 Å². The molecule has 0 radical (unpaired) electrons. The minimum atomic E-state index is 0.440. The Kier molecular flexibility index (Phi) is 3.38. The van der Waals surface area contributed by atoms with Crippen LogP contribution in [0.1, 0.15) is 41.9 Å². The van der Waals surface area contributed by atoms with Crippen molar-refractivity contribution >= 4 is 0 Å². The number of likely N-dealkylation sites (tertiary alicyclic amines) is 1. The van der Waals surface area contributed by atoms with Crippen LogP contribution in [0.4, 0.5) is 0 Å². The predicted molar refractivity (Wildman–Crippen MR) is 71.8 cm³/mol. The highest BCUT2D eigenvalue weighted by atomic mass is 16.3. The van der Waals surface area contributed by atoms with Gasteiger partial charge in [-0.15, -0.1) is 0 Å².